The monoisotopic (exact) mass is 278 g/mol. The highest BCUT2D eigenvalue weighted by molar-refractivity contribution is 7.10. The Hall–Kier alpha value is -1.59. The van der Waals surface area contributed by atoms with Gasteiger partial charge in [-0.1, -0.05) is 6.07 Å². The predicted octanol–water partition coefficient (Wildman–Crippen LogP) is 2.88. The number of aromatic nitrogens is 1. The van der Waals surface area contributed by atoms with E-state index >= 15 is 0 Å². The molecule has 1 atom stereocenters. The van der Waals surface area contributed by atoms with E-state index in [0.29, 0.717) is 6.54 Å². The highest BCUT2D eigenvalue weighted by Gasteiger charge is 2.16. The van der Waals surface area contributed by atoms with Crippen LogP contribution in [0.3, 0.4) is 0 Å². The maximum atomic E-state index is 10.9. The first-order valence-electron chi connectivity index (χ1n) is 6.33. The van der Waals surface area contributed by atoms with Crippen LogP contribution in [0.15, 0.2) is 35.8 Å². The summed E-state index contributed by atoms with van der Waals surface area (Å²) in [4.78, 5) is 12.0. The molecule has 1 unspecified atom stereocenters. The quantitative estimate of drug-likeness (QED) is 0.819. The normalized spacial score (nSPS) is 12.5. The summed E-state index contributed by atoms with van der Waals surface area (Å²) in [6.07, 6.45) is 2.14. The van der Waals surface area contributed by atoms with E-state index in [1.54, 1.807) is 11.3 Å². The summed E-state index contributed by atoms with van der Waals surface area (Å²) in [7, 11) is 0. The average molecular weight is 278 g/mol. The molecule has 4 nitrogen and oxygen atoms in total. The third kappa shape index (κ3) is 3.68. The van der Waals surface area contributed by atoms with E-state index in [1.807, 2.05) is 29.8 Å². The minimum Gasteiger partial charge on any atom is -0.481 e. The number of rotatable bonds is 7. The van der Waals surface area contributed by atoms with Gasteiger partial charge in [0.2, 0.25) is 0 Å². The third-order valence-electron chi connectivity index (χ3n) is 3.06. The SMILES string of the molecule is CCn1cccc1CNC(CC(=O)O)c1cccs1. The fourth-order valence-electron chi connectivity index (χ4n) is 2.08. The zero-order valence-electron chi connectivity index (χ0n) is 10.9. The van der Waals surface area contributed by atoms with Crippen LogP contribution in [0.2, 0.25) is 0 Å². The number of hydrogen-bond donors (Lipinski definition) is 2. The molecule has 2 aromatic rings. The zero-order valence-corrected chi connectivity index (χ0v) is 11.7. The summed E-state index contributed by atoms with van der Waals surface area (Å²) in [6.45, 7) is 3.70. The number of hydrogen-bond acceptors (Lipinski definition) is 3. The molecular formula is C14H18N2O2S. The van der Waals surface area contributed by atoms with Crippen molar-refractivity contribution in [3.05, 3.63) is 46.4 Å². The molecule has 0 aliphatic heterocycles. The molecule has 0 saturated heterocycles. The second kappa shape index (κ2) is 6.54. The van der Waals surface area contributed by atoms with Crippen molar-refractivity contribution in [3.63, 3.8) is 0 Å². The number of nitrogens with zero attached hydrogens (tertiary/aromatic N) is 1. The topological polar surface area (TPSA) is 54.3 Å². The van der Waals surface area contributed by atoms with E-state index in [2.05, 4.69) is 22.9 Å². The van der Waals surface area contributed by atoms with Crippen LogP contribution in [-0.2, 0) is 17.9 Å². The first kappa shape index (κ1) is 13.8. The first-order chi connectivity index (χ1) is 9.20. The van der Waals surface area contributed by atoms with Gasteiger partial charge in [0.1, 0.15) is 0 Å². The predicted molar refractivity (Wildman–Crippen MR) is 76.3 cm³/mol. The number of nitrogens with one attached hydrogen (secondary N) is 1. The Bertz CT molecular complexity index is 519. The second-order valence-corrected chi connectivity index (χ2v) is 5.31. The second-order valence-electron chi connectivity index (χ2n) is 4.33. The summed E-state index contributed by atoms with van der Waals surface area (Å²) in [5, 5.41) is 14.3. The molecule has 0 radical (unpaired) electrons. The number of carbonyl (C=O) groups is 1. The van der Waals surface area contributed by atoms with E-state index in [0.717, 1.165) is 11.4 Å². The van der Waals surface area contributed by atoms with E-state index in [-0.39, 0.29) is 12.5 Å². The van der Waals surface area contributed by atoms with E-state index in [4.69, 9.17) is 5.11 Å². The number of aryl methyl sites for hydroxylation is 1. The van der Waals surface area contributed by atoms with Gasteiger partial charge in [-0.25, -0.2) is 0 Å². The highest BCUT2D eigenvalue weighted by Crippen LogP contribution is 2.22. The lowest BCUT2D eigenvalue weighted by molar-refractivity contribution is -0.137. The van der Waals surface area contributed by atoms with Crippen LogP contribution in [0.4, 0.5) is 0 Å². The lowest BCUT2D eigenvalue weighted by Gasteiger charge is -2.16. The minimum atomic E-state index is -0.781. The molecule has 0 saturated carbocycles. The standard InChI is InChI=1S/C14H18N2O2S/c1-2-16-7-3-5-11(16)10-15-12(9-14(17)18)13-6-4-8-19-13/h3-8,12,15H,2,9-10H2,1H3,(H,17,18). The maximum Gasteiger partial charge on any atom is 0.305 e. The van der Waals surface area contributed by atoms with Gasteiger partial charge in [0.05, 0.1) is 12.5 Å². The van der Waals surface area contributed by atoms with Crippen molar-refractivity contribution in [2.24, 2.45) is 0 Å². The fraction of sp³-hybridized carbons (Fsp3) is 0.357. The fourth-order valence-corrected chi connectivity index (χ4v) is 2.89. The van der Waals surface area contributed by atoms with Crippen LogP contribution in [0, 0.1) is 0 Å². The van der Waals surface area contributed by atoms with Crippen LogP contribution < -0.4 is 5.32 Å². The van der Waals surface area contributed by atoms with Gasteiger partial charge >= 0.3 is 5.97 Å². The van der Waals surface area contributed by atoms with E-state index < -0.39 is 5.97 Å². The Kier molecular flexibility index (Phi) is 4.76. The molecule has 2 aromatic heterocycles. The summed E-state index contributed by atoms with van der Waals surface area (Å²) in [6, 6.07) is 7.87. The molecule has 19 heavy (non-hydrogen) atoms. The zero-order chi connectivity index (χ0) is 13.7. The molecule has 2 heterocycles. The Labute approximate surface area is 116 Å². The van der Waals surface area contributed by atoms with Gasteiger partial charge in [-0.2, -0.15) is 0 Å². The van der Waals surface area contributed by atoms with Crippen molar-refractivity contribution in [2.45, 2.75) is 32.5 Å². The molecule has 0 aliphatic carbocycles. The van der Waals surface area contributed by atoms with Gasteiger partial charge in [-0.15, -0.1) is 11.3 Å². The Morgan fingerprint density at radius 3 is 2.95 bits per heavy atom. The molecule has 0 spiro atoms. The van der Waals surface area contributed by atoms with Gasteiger partial charge in [0.15, 0.2) is 0 Å². The van der Waals surface area contributed by atoms with Crippen molar-refractivity contribution < 1.29 is 9.90 Å². The van der Waals surface area contributed by atoms with Gasteiger partial charge < -0.3 is 15.0 Å². The summed E-state index contributed by atoms with van der Waals surface area (Å²) >= 11 is 1.59. The lowest BCUT2D eigenvalue weighted by atomic mass is 10.1. The third-order valence-corrected chi connectivity index (χ3v) is 4.05. The Morgan fingerprint density at radius 1 is 1.47 bits per heavy atom. The lowest BCUT2D eigenvalue weighted by Crippen LogP contribution is -2.24. The summed E-state index contributed by atoms with van der Waals surface area (Å²) in [5.41, 5.74) is 1.18. The summed E-state index contributed by atoms with van der Waals surface area (Å²) in [5.74, 6) is -0.781. The first-order valence-corrected chi connectivity index (χ1v) is 7.21. The Morgan fingerprint density at radius 2 is 2.32 bits per heavy atom. The number of thiophene rings is 1. The largest absolute Gasteiger partial charge is 0.481 e. The van der Waals surface area contributed by atoms with Crippen molar-refractivity contribution in [1.29, 1.82) is 0 Å². The van der Waals surface area contributed by atoms with E-state index in [9.17, 15) is 4.79 Å². The van der Waals surface area contributed by atoms with Crippen molar-refractivity contribution in [2.75, 3.05) is 0 Å². The van der Waals surface area contributed by atoms with Gasteiger partial charge in [0, 0.05) is 29.9 Å². The number of aliphatic carboxylic acids is 1. The van der Waals surface area contributed by atoms with Crippen LogP contribution >= 0.6 is 11.3 Å². The Balaban J connectivity index is 2.02. The highest BCUT2D eigenvalue weighted by atomic mass is 32.1. The molecule has 102 valence electrons. The molecule has 2 rings (SSSR count). The van der Waals surface area contributed by atoms with Crippen molar-refractivity contribution >= 4 is 17.3 Å². The van der Waals surface area contributed by atoms with Crippen molar-refractivity contribution in [1.82, 2.24) is 9.88 Å². The van der Waals surface area contributed by atoms with Gasteiger partial charge in [0.25, 0.3) is 0 Å². The van der Waals surface area contributed by atoms with Gasteiger partial charge in [-0.05, 0) is 30.5 Å². The molecular weight excluding hydrogens is 260 g/mol. The van der Waals surface area contributed by atoms with E-state index in [1.165, 1.54) is 5.69 Å². The minimum absolute atomic E-state index is 0.105. The van der Waals surface area contributed by atoms with Crippen LogP contribution in [-0.4, -0.2) is 15.6 Å². The molecule has 0 aliphatic rings. The van der Waals surface area contributed by atoms with Crippen molar-refractivity contribution in [3.8, 4) is 0 Å². The molecule has 2 N–H and O–H groups in total. The molecule has 0 bridgehead atoms. The van der Waals surface area contributed by atoms with Crippen LogP contribution in [0.25, 0.3) is 0 Å². The summed E-state index contributed by atoms with van der Waals surface area (Å²) < 4.78 is 2.15. The average Bonchev–Trinajstić information content (AvgIpc) is 3.04. The molecule has 0 fully saturated rings. The molecule has 5 heteroatoms. The molecule has 0 amide bonds. The number of carboxylic acid groups (broad SMARTS) is 1. The van der Waals surface area contributed by atoms with Gasteiger partial charge in [-0.3, -0.25) is 4.79 Å². The smallest absolute Gasteiger partial charge is 0.305 e. The molecule has 0 aromatic carbocycles. The van der Waals surface area contributed by atoms with Crippen LogP contribution in [0.5, 0.6) is 0 Å². The van der Waals surface area contributed by atoms with Crippen LogP contribution in [0.1, 0.15) is 30.0 Å². The maximum absolute atomic E-state index is 10.9. The number of carboxylic acids is 1.